The molecule has 0 saturated heterocycles. The molecule has 2 aromatic carbocycles. The molecular formula is C20H24N2. The molecule has 0 saturated carbocycles. The molecule has 1 unspecified atom stereocenters. The van der Waals surface area contributed by atoms with Crippen LogP contribution in [0.15, 0.2) is 54.1 Å². The molecule has 1 aliphatic carbocycles. The monoisotopic (exact) mass is 292 g/mol. The Morgan fingerprint density at radius 1 is 1.00 bits per heavy atom. The standard InChI is InChI=1S/C10H13N.C10H11N/c1-8-6-7-9-4-2-3-5-10(9)11-8;1-7-6-8-4-2-3-5-9(8)10(7)11/h2-5,8,11H,6-7H2,1H3;2-5H,6,11H2,1H3. The molecule has 22 heavy (non-hydrogen) atoms. The largest absolute Gasteiger partial charge is 0.398 e. The van der Waals surface area contributed by atoms with Gasteiger partial charge >= 0.3 is 0 Å². The van der Waals surface area contributed by atoms with E-state index in [-0.39, 0.29) is 0 Å². The van der Waals surface area contributed by atoms with Crippen LogP contribution >= 0.6 is 0 Å². The molecule has 0 fully saturated rings. The number of nitrogens with one attached hydrogen (secondary N) is 1. The Kier molecular flexibility index (Phi) is 4.19. The van der Waals surface area contributed by atoms with Crippen molar-refractivity contribution in [3.63, 3.8) is 0 Å². The fourth-order valence-corrected chi connectivity index (χ4v) is 3.14. The summed E-state index contributed by atoms with van der Waals surface area (Å²) in [5.74, 6) is 0. The Bertz CT molecular complexity index is 694. The number of hydrogen-bond donors (Lipinski definition) is 2. The van der Waals surface area contributed by atoms with Crippen LogP contribution < -0.4 is 11.1 Å². The van der Waals surface area contributed by atoms with E-state index >= 15 is 0 Å². The number of allylic oxidation sites excluding steroid dienone is 1. The minimum Gasteiger partial charge on any atom is -0.398 e. The summed E-state index contributed by atoms with van der Waals surface area (Å²) in [6, 6.07) is 17.5. The van der Waals surface area contributed by atoms with Gasteiger partial charge in [-0.05, 0) is 55.9 Å². The number of fused-ring (bicyclic) bond motifs is 2. The Morgan fingerprint density at radius 2 is 1.68 bits per heavy atom. The summed E-state index contributed by atoms with van der Waals surface area (Å²) in [6.07, 6.45) is 3.52. The van der Waals surface area contributed by atoms with E-state index in [4.69, 9.17) is 5.73 Å². The third-order valence-corrected chi connectivity index (χ3v) is 4.49. The second-order valence-corrected chi connectivity index (χ2v) is 6.27. The van der Waals surface area contributed by atoms with E-state index in [2.05, 4.69) is 61.6 Å². The predicted octanol–water partition coefficient (Wildman–Crippen LogP) is 4.37. The summed E-state index contributed by atoms with van der Waals surface area (Å²) < 4.78 is 0. The summed E-state index contributed by atoms with van der Waals surface area (Å²) in [7, 11) is 0. The Hall–Kier alpha value is -2.22. The van der Waals surface area contributed by atoms with Crippen molar-refractivity contribution in [3.05, 3.63) is 70.8 Å². The molecule has 114 valence electrons. The highest BCUT2D eigenvalue weighted by Crippen LogP contribution is 2.28. The third kappa shape index (κ3) is 3.01. The lowest BCUT2D eigenvalue weighted by molar-refractivity contribution is 0.681. The molecule has 0 spiro atoms. The van der Waals surface area contributed by atoms with Crippen LogP contribution in [-0.4, -0.2) is 6.04 Å². The van der Waals surface area contributed by atoms with Gasteiger partial charge in [-0.15, -0.1) is 0 Å². The molecule has 4 rings (SSSR count). The molecule has 0 radical (unpaired) electrons. The van der Waals surface area contributed by atoms with Crippen molar-refractivity contribution in [1.29, 1.82) is 0 Å². The van der Waals surface area contributed by atoms with Crippen molar-refractivity contribution in [1.82, 2.24) is 0 Å². The summed E-state index contributed by atoms with van der Waals surface area (Å²) in [5.41, 5.74) is 13.5. The second kappa shape index (κ2) is 6.27. The van der Waals surface area contributed by atoms with Crippen LogP contribution in [0, 0.1) is 0 Å². The molecule has 3 N–H and O–H groups in total. The number of benzene rings is 2. The fraction of sp³-hybridized carbons (Fsp3) is 0.300. The van der Waals surface area contributed by atoms with Gasteiger partial charge in [0.25, 0.3) is 0 Å². The van der Waals surface area contributed by atoms with Crippen LogP contribution in [0.3, 0.4) is 0 Å². The molecule has 2 nitrogen and oxygen atoms in total. The fourth-order valence-electron chi connectivity index (χ4n) is 3.14. The second-order valence-electron chi connectivity index (χ2n) is 6.27. The Balaban J connectivity index is 0.000000131. The summed E-state index contributed by atoms with van der Waals surface area (Å²) in [5, 5.41) is 3.46. The van der Waals surface area contributed by atoms with Gasteiger partial charge in [0.05, 0.1) is 0 Å². The topological polar surface area (TPSA) is 38.0 Å². The normalized spacial score (nSPS) is 18.7. The molecule has 0 amide bonds. The SMILES string of the molecule is CC1=C(N)c2ccccc2C1.CC1CCc2ccccc2N1. The first kappa shape index (κ1) is 14.7. The minimum absolute atomic E-state index is 0.643. The van der Waals surface area contributed by atoms with Crippen molar-refractivity contribution in [2.75, 3.05) is 5.32 Å². The molecule has 2 aliphatic rings. The first-order chi connectivity index (χ1) is 10.6. The van der Waals surface area contributed by atoms with E-state index in [1.165, 1.54) is 40.8 Å². The van der Waals surface area contributed by atoms with Crippen LogP contribution in [0.2, 0.25) is 0 Å². The van der Waals surface area contributed by atoms with Crippen molar-refractivity contribution in [3.8, 4) is 0 Å². The molecule has 1 atom stereocenters. The predicted molar refractivity (Wildman–Crippen MR) is 94.8 cm³/mol. The van der Waals surface area contributed by atoms with Crippen LogP contribution in [0.1, 0.15) is 37.0 Å². The quantitative estimate of drug-likeness (QED) is 0.757. The van der Waals surface area contributed by atoms with Crippen LogP contribution in [0.25, 0.3) is 5.70 Å². The highest BCUT2D eigenvalue weighted by molar-refractivity contribution is 5.73. The van der Waals surface area contributed by atoms with E-state index in [1.807, 2.05) is 6.07 Å². The maximum absolute atomic E-state index is 5.87. The van der Waals surface area contributed by atoms with Gasteiger partial charge in [-0.1, -0.05) is 42.5 Å². The lowest BCUT2D eigenvalue weighted by atomic mass is 9.99. The van der Waals surface area contributed by atoms with Gasteiger partial charge in [0, 0.05) is 23.0 Å². The van der Waals surface area contributed by atoms with Crippen molar-refractivity contribution in [2.24, 2.45) is 5.73 Å². The van der Waals surface area contributed by atoms with E-state index in [0.717, 1.165) is 12.1 Å². The van der Waals surface area contributed by atoms with Gasteiger partial charge in [0.1, 0.15) is 0 Å². The third-order valence-electron chi connectivity index (χ3n) is 4.49. The highest BCUT2D eigenvalue weighted by atomic mass is 14.9. The van der Waals surface area contributed by atoms with Crippen LogP contribution in [0.4, 0.5) is 5.69 Å². The van der Waals surface area contributed by atoms with Gasteiger partial charge in [-0.2, -0.15) is 0 Å². The first-order valence-corrected chi connectivity index (χ1v) is 8.03. The van der Waals surface area contributed by atoms with E-state index in [0.29, 0.717) is 6.04 Å². The number of hydrogen-bond acceptors (Lipinski definition) is 2. The molecule has 0 aromatic heterocycles. The average Bonchev–Trinajstić information content (AvgIpc) is 2.83. The Morgan fingerprint density at radius 3 is 2.45 bits per heavy atom. The van der Waals surface area contributed by atoms with E-state index in [9.17, 15) is 0 Å². The van der Waals surface area contributed by atoms with Gasteiger partial charge < -0.3 is 11.1 Å². The first-order valence-electron chi connectivity index (χ1n) is 8.03. The zero-order valence-electron chi connectivity index (χ0n) is 13.4. The maximum Gasteiger partial charge on any atom is 0.0383 e. The van der Waals surface area contributed by atoms with E-state index in [1.54, 1.807) is 0 Å². The van der Waals surface area contributed by atoms with Gasteiger partial charge in [0.2, 0.25) is 0 Å². The zero-order valence-corrected chi connectivity index (χ0v) is 13.4. The number of aryl methyl sites for hydroxylation is 1. The minimum atomic E-state index is 0.643. The van der Waals surface area contributed by atoms with Crippen LogP contribution in [-0.2, 0) is 12.8 Å². The lowest BCUT2D eigenvalue weighted by Crippen LogP contribution is -2.21. The number of para-hydroxylation sites is 1. The van der Waals surface area contributed by atoms with Gasteiger partial charge in [-0.25, -0.2) is 0 Å². The van der Waals surface area contributed by atoms with E-state index < -0.39 is 0 Å². The number of rotatable bonds is 0. The van der Waals surface area contributed by atoms with Gasteiger partial charge in [-0.3, -0.25) is 0 Å². The molecule has 2 aromatic rings. The molecular weight excluding hydrogens is 268 g/mol. The zero-order chi connectivity index (χ0) is 15.5. The van der Waals surface area contributed by atoms with Gasteiger partial charge in [0.15, 0.2) is 0 Å². The molecule has 2 heteroatoms. The summed E-state index contributed by atoms with van der Waals surface area (Å²) >= 11 is 0. The van der Waals surface area contributed by atoms with Crippen LogP contribution in [0.5, 0.6) is 0 Å². The lowest BCUT2D eigenvalue weighted by Gasteiger charge is -2.23. The molecule has 1 aliphatic heterocycles. The maximum atomic E-state index is 5.87. The van der Waals surface area contributed by atoms with Crippen molar-refractivity contribution < 1.29 is 0 Å². The van der Waals surface area contributed by atoms with Crippen molar-refractivity contribution >= 4 is 11.4 Å². The molecule has 0 bridgehead atoms. The number of anilines is 1. The summed E-state index contributed by atoms with van der Waals surface area (Å²) in [6.45, 7) is 4.32. The number of nitrogens with two attached hydrogens (primary N) is 1. The molecule has 1 heterocycles. The highest BCUT2D eigenvalue weighted by Gasteiger charge is 2.14. The Labute approximate surface area is 133 Å². The smallest absolute Gasteiger partial charge is 0.0383 e. The summed E-state index contributed by atoms with van der Waals surface area (Å²) in [4.78, 5) is 0. The van der Waals surface area contributed by atoms with Crippen molar-refractivity contribution in [2.45, 2.75) is 39.2 Å². The average molecular weight is 292 g/mol.